The first kappa shape index (κ1) is 23.6. The summed E-state index contributed by atoms with van der Waals surface area (Å²) in [6, 6.07) is 12.9. The van der Waals surface area contributed by atoms with Gasteiger partial charge in [0, 0.05) is 36.2 Å². The van der Waals surface area contributed by atoms with Crippen LogP contribution in [0.25, 0.3) is 0 Å². The molecule has 0 saturated carbocycles. The molecule has 0 aliphatic carbocycles. The predicted molar refractivity (Wildman–Crippen MR) is 120 cm³/mol. The molecule has 0 saturated heterocycles. The van der Waals surface area contributed by atoms with Gasteiger partial charge < -0.3 is 26.0 Å². The Morgan fingerprint density at radius 3 is 2.45 bits per heavy atom. The van der Waals surface area contributed by atoms with E-state index in [1.807, 2.05) is 31.2 Å². The number of halogens is 3. The zero-order chi connectivity index (χ0) is 23.8. The maximum atomic E-state index is 12.8. The lowest BCUT2D eigenvalue weighted by Gasteiger charge is -2.12. The van der Waals surface area contributed by atoms with E-state index in [1.54, 1.807) is 13.2 Å². The van der Waals surface area contributed by atoms with Crippen molar-refractivity contribution >= 4 is 29.2 Å². The second kappa shape index (κ2) is 10.5. The van der Waals surface area contributed by atoms with Gasteiger partial charge in [-0.15, -0.1) is 0 Å². The second-order valence-electron chi connectivity index (χ2n) is 6.96. The van der Waals surface area contributed by atoms with Gasteiger partial charge in [0.2, 0.25) is 5.95 Å². The van der Waals surface area contributed by atoms with Gasteiger partial charge in [-0.3, -0.25) is 0 Å². The van der Waals surface area contributed by atoms with Crippen LogP contribution in [0.15, 0.2) is 54.6 Å². The Balaban J connectivity index is 1.48. The van der Waals surface area contributed by atoms with Crippen LogP contribution in [0.4, 0.5) is 41.1 Å². The van der Waals surface area contributed by atoms with Crippen LogP contribution in [0, 0.1) is 6.92 Å². The summed E-state index contributed by atoms with van der Waals surface area (Å²) in [5.74, 6) is 1.70. The van der Waals surface area contributed by atoms with Crippen molar-refractivity contribution in [2.24, 2.45) is 0 Å². The number of hydrogen-bond donors (Lipinski definition) is 4. The van der Waals surface area contributed by atoms with Gasteiger partial charge in [-0.2, -0.15) is 18.2 Å². The fraction of sp³-hybridized carbons (Fsp3) is 0.227. The average molecular weight is 460 g/mol. The van der Waals surface area contributed by atoms with Crippen LogP contribution in [0.2, 0.25) is 0 Å². The van der Waals surface area contributed by atoms with E-state index in [2.05, 4.69) is 31.2 Å². The number of hydrogen-bond acceptors (Lipinski definition) is 6. The Kier molecular flexibility index (Phi) is 7.54. The number of carbonyl (C=O) groups excluding carboxylic acids is 1. The van der Waals surface area contributed by atoms with Crippen LogP contribution in [0.5, 0.6) is 5.75 Å². The van der Waals surface area contributed by atoms with Crippen LogP contribution < -0.4 is 26.0 Å². The minimum Gasteiger partial charge on any atom is -0.497 e. The number of aryl methyl sites for hydroxylation is 1. The first-order valence-electron chi connectivity index (χ1n) is 9.96. The quantitative estimate of drug-likeness (QED) is 0.361. The van der Waals surface area contributed by atoms with Gasteiger partial charge in [0.15, 0.2) is 0 Å². The number of urea groups is 1. The summed E-state index contributed by atoms with van der Waals surface area (Å²) in [4.78, 5) is 20.7. The third-order valence-electron chi connectivity index (χ3n) is 4.36. The van der Waals surface area contributed by atoms with E-state index in [4.69, 9.17) is 4.74 Å². The molecule has 174 valence electrons. The zero-order valence-electron chi connectivity index (χ0n) is 18.0. The summed E-state index contributed by atoms with van der Waals surface area (Å²) >= 11 is 0. The number of nitrogens with one attached hydrogen (secondary N) is 4. The molecule has 0 radical (unpaired) electrons. The molecular weight excluding hydrogens is 437 g/mol. The van der Waals surface area contributed by atoms with Crippen molar-refractivity contribution in [2.45, 2.75) is 13.1 Å². The highest BCUT2D eigenvalue weighted by atomic mass is 19.4. The van der Waals surface area contributed by atoms with Gasteiger partial charge >= 0.3 is 12.2 Å². The molecule has 0 fully saturated rings. The molecule has 3 rings (SSSR count). The normalized spacial score (nSPS) is 10.9. The number of ether oxygens (including phenoxy) is 1. The predicted octanol–water partition coefficient (Wildman–Crippen LogP) is 4.79. The number of amides is 2. The molecule has 11 heteroatoms. The van der Waals surface area contributed by atoms with Crippen molar-refractivity contribution in [3.63, 3.8) is 0 Å². The average Bonchev–Trinajstić information content (AvgIpc) is 2.76. The number of benzene rings is 2. The summed E-state index contributed by atoms with van der Waals surface area (Å²) in [5.41, 5.74) is 0.774. The highest BCUT2D eigenvalue weighted by Gasteiger charge is 2.30. The van der Waals surface area contributed by atoms with E-state index < -0.39 is 17.8 Å². The van der Waals surface area contributed by atoms with Crippen molar-refractivity contribution in [2.75, 3.05) is 36.1 Å². The first-order valence-corrected chi connectivity index (χ1v) is 9.96. The van der Waals surface area contributed by atoms with Crippen molar-refractivity contribution in [3.05, 3.63) is 65.9 Å². The summed E-state index contributed by atoms with van der Waals surface area (Å²) in [6.45, 7) is 2.33. The number of nitrogens with zero attached hydrogens (tertiary/aromatic N) is 2. The van der Waals surface area contributed by atoms with Crippen LogP contribution >= 0.6 is 0 Å². The lowest BCUT2D eigenvalue weighted by Crippen LogP contribution is -2.32. The zero-order valence-corrected chi connectivity index (χ0v) is 18.0. The number of rotatable bonds is 8. The molecule has 0 atom stereocenters. The van der Waals surface area contributed by atoms with Gasteiger partial charge in [0.1, 0.15) is 11.6 Å². The minimum absolute atomic E-state index is 0.0477. The van der Waals surface area contributed by atoms with E-state index in [1.165, 1.54) is 12.1 Å². The molecular formula is C22H23F3N6O2. The summed E-state index contributed by atoms with van der Waals surface area (Å²) in [6.07, 6.45) is -4.48. The Morgan fingerprint density at radius 2 is 1.76 bits per heavy atom. The molecule has 1 aromatic heterocycles. The maximum Gasteiger partial charge on any atom is 0.416 e. The third-order valence-corrected chi connectivity index (χ3v) is 4.36. The van der Waals surface area contributed by atoms with E-state index in [0.29, 0.717) is 18.3 Å². The summed E-state index contributed by atoms with van der Waals surface area (Å²) in [7, 11) is 1.60. The molecule has 0 aliphatic rings. The molecule has 0 unspecified atom stereocenters. The Bertz CT molecular complexity index is 1090. The van der Waals surface area contributed by atoms with Gasteiger partial charge in [0.05, 0.1) is 12.7 Å². The molecule has 8 nitrogen and oxygen atoms in total. The lowest BCUT2D eigenvalue weighted by molar-refractivity contribution is -0.137. The van der Waals surface area contributed by atoms with Crippen molar-refractivity contribution in [1.82, 2.24) is 15.3 Å². The molecule has 2 aromatic carbocycles. The van der Waals surface area contributed by atoms with E-state index in [-0.39, 0.29) is 12.2 Å². The van der Waals surface area contributed by atoms with Crippen LogP contribution in [0.3, 0.4) is 0 Å². The molecule has 33 heavy (non-hydrogen) atoms. The minimum atomic E-state index is -4.48. The molecule has 0 aliphatic heterocycles. The van der Waals surface area contributed by atoms with Crippen molar-refractivity contribution in [1.29, 1.82) is 0 Å². The molecule has 2 amide bonds. The van der Waals surface area contributed by atoms with Crippen LogP contribution in [-0.2, 0) is 6.18 Å². The summed E-state index contributed by atoms with van der Waals surface area (Å²) in [5, 5.41) is 11.1. The first-order chi connectivity index (χ1) is 15.7. The highest BCUT2D eigenvalue weighted by molar-refractivity contribution is 5.89. The number of carbonyl (C=O) groups is 1. The van der Waals surface area contributed by atoms with E-state index in [0.717, 1.165) is 29.3 Å². The monoisotopic (exact) mass is 460 g/mol. The van der Waals surface area contributed by atoms with E-state index in [9.17, 15) is 18.0 Å². The Morgan fingerprint density at radius 1 is 1.00 bits per heavy atom. The van der Waals surface area contributed by atoms with Crippen molar-refractivity contribution in [3.8, 4) is 5.75 Å². The Hall–Kier alpha value is -4.02. The number of alkyl halides is 3. The van der Waals surface area contributed by atoms with Crippen LogP contribution in [0.1, 0.15) is 11.3 Å². The SMILES string of the molecule is COc1ccc(Nc2cc(C)nc(NCCNC(=O)Nc3cccc(C(F)(F)F)c3)n2)cc1. The van der Waals surface area contributed by atoms with Gasteiger partial charge in [-0.25, -0.2) is 9.78 Å². The number of methoxy groups -OCH3 is 1. The van der Waals surface area contributed by atoms with Crippen LogP contribution in [-0.4, -0.2) is 36.2 Å². The fourth-order valence-corrected chi connectivity index (χ4v) is 2.83. The summed E-state index contributed by atoms with van der Waals surface area (Å²) < 4.78 is 43.4. The van der Waals surface area contributed by atoms with Gasteiger partial charge in [-0.05, 0) is 49.4 Å². The van der Waals surface area contributed by atoms with Gasteiger partial charge in [0.25, 0.3) is 0 Å². The smallest absolute Gasteiger partial charge is 0.416 e. The molecule has 0 spiro atoms. The van der Waals surface area contributed by atoms with Gasteiger partial charge in [-0.1, -0.05) is 6.07 Å². The number of anilines is 4. The molecule has 0 bridgehead atoms. The number of aromatic nitrogens is 2. The van der Waals surface area contributed by atoms with E-state index >= 15 is 0 Å². The third kappa shape index (κ3) is 7.27. The Labute approximate surface area is 188 Å². The molecule has 3 aromatic rings. The lowest BCUT2D eigenvalue weighted by atomic mass is 10.2. The largest absolute Gasteiger partial charge is 0.497 e. The standard InChI is InChI=1S/C22H23F3N6O2/c1-14-12-19(29-16-6-8-18(33-2)9-7-16)31-20(28-14)26-10-11-27-21(32)30-17-5-3-4-15(13-17)22(23,24)25/h3-9,12-13H,10-11H2,1-2H3,(H2,27,30,32)(H2,26,28,29,31). The fourth-order valence-electron chi connectivity index (χ4n) is 2.83. The van der Waals surface area contributed by atoms with Crippen molar-refractivity contribution < 1.29 is 22.7 Å². The topological polar surface area (TPSA) is 100 Å². The highest BCUT2D eigenvalue weighted by Crippen LogP contribution is 2.30. The molecule has 4 N–H and O–H groups in total. The molecule has 1 heterocycles. The maximum absolute atomic E-state index is 12.8. The second-order valence-corrected chi connectivity index (χ2v) is 6.96.